The summed E-state index contributed by atoms with van der Waals surface area (Å²) in [7, 11) is -3.93. The Kier molecular flexibility index (Phi) is 5.35. The van der Waals surface area contributed by atoms with Gasteiger partial charge in [-0.1, -0.05) is 30.3 Å². The van der Waals surface area contributed by atoms with Gasteiger partial charge >= 0.3 is 6.18 Å². The number of aromatic amines is 1. The Balaban J connectivity index is 1.67. The first kappa shape index (κ1) is 21.7. The molecule has 0 unspecified atom stereocenters. The second kappa shape index (κ2) is 7.88. The van der Waals surface area contributed by atoms with E-state index in [1.54, 1.807) is 36.4 Å². The van der Waals surface area contributed by atoms with Gasteiger partial charge in [-0.3, -0.25) is 0 Å². The fraction of sp³-hybridized carbons (Fsp3) is 0.0455. The number of H-pyrrole nitrogens is 1. The Morgan fingerprint density at radius 1 is 0.969 bits per heavy atom. The highest BCUT2D eigenvalue weighted by atomic mass is 32.2. The maximum Gasteiger partial charge on any atom is 0.416 e. The Hall–Kier alpha value is -3.50. The summed E-state index contributed by atoms with van der Waals surface area (Å²) in [6, 6.07) is 13.6. The second-order valence-electron chi connectivity index (χ2n) is 6.96. The van der Waals surface area contributed by atoms with Crippen molar-refractivity contribution >= 4 is 33.2 Å². The van der Waals surface area contributed by atoms with E-state index in [9.17, 15) is 26.0 Å². The van der Waals surface area contributed by atoms with Crippen molar-refractivity contribution in [3.63, 3.8) is 0 Å². The van der Waals surface area contributed by atoms with Crippen molar-refractivity contribution in [1.29, 1.82) is 0 Å². The SMILES string of the molecule is NS(=O)(=O)c1ccccc1-c1ccc2nc(C=Cc3ccc(C(F)(F)F)cc3F)[nH]c2c1. The Bertz CT molecular complexity index is 1460. The van der Waals surface area contributed by atoms with Gasteiger partial charge in [0.15, 0.2) is 0 Å². The topological polar surface area (TPSA) is 88.8 Å². The van der Waals surface area contributed by atoms with Gasteiger partial charge in [0.25, 0.3) is 0 Å². The number of rotatable bonds is 4. The average molecular weight is 461 g/mol. The molecule has 0 saturated carbocycles. The standard InChI is InChI=1S/C22H15F4N3O2S/c23-17-12-15(22(24,25)26)8-5-13(17)7-10-21-28-18-9-6-14(11-19(18)29-21)16-3-1-2-4-20(16)32(27,30)31/h1-12H,(H,28,29)(H2,27,30,31). The summed E-state index contributed by atoms with van der Waals surface area (Å²) in [4.78, 5) is 7.32. The lowest BCUT2D eigenvalue weighted by molar-refractivity contribution is -0.137. The van der Waals surface area contributed by atoms with Crippen molar-refractivity contribution in [3.05, 3.63) is 83.4 Å². The molecule has 3 N–H and O–H groups in total. The maximum atomic E-state index is 14.0. The molecule has 0 aliphatic heterocycles. The summed E-state index contributed by atoms with van der Waals surface area (Å²) >= 11 is 0. The Morgan fingerprint density at radius 3 is 2.41 bits per heavy atom. The molecule has 4 aromatic rings. The van der Waals surface area contributed by atoms with Gasteiger partial charge in [0.1, 0.15) is 11.6 Å². The van der Waals surface area contributed by atoms with Crippen molar-refractivity contribution in [3.8, 4) is 11.1 Å². The summed E-state index contributed by atoms with van der Waals surface area (Å²) in [5.41, 5.74) is 1.07. The number of nitrogens with zero attached hydrogens (tertiary/aromatic N) is 1. The van der Waals surface area contributed by atoms with E-state index in [4.69, 9.17) is 5.14 Å². The minimum Gasteiger partial charge on any atom is -0.338 e. The molecule has 0 bridgehead atoms. The molecule has 10 heteroatoms. The van der Waals surface area contributed by atoms with E-state index < -0.39 is 27.6 Å². The van der Waals surface area contributed by atoms with Crippen LogP contribution < -0.4 is 5.14 Å². The fourth-order valence-electron chi connectivity index (χ4n) is 3.24. The van der Waals surface area contributed by atoms with Crippen LogP contribution in [0.4, 0.5) is 17.6 Å². The maximum absolute atomic E-state index is 14.0. The number of primary sulfonamides is 1. The molecule has 0 fully saturated rings. The molecule has 5 nitrogen and oxygen atoms in total. The number of hydrogen-bond donors (Lipinski definition) is 2. The Morgan fingerprint density at radius 2 is 1.72 bits per heavy atom. The van der Waals surface area contributed by atoms with Gasteiger partial charge in [-0.05, 0) is 48.0 Å². The van der Waals surface area contributed by atoms with Crippen molar-refractivity contribution in [2.45, 2.75) is 11.1 Å². The first-order valence-corrected chi connectivity index (χ1v) is 10.7. The monoisotopic (exact) mass is 461 g/mol. The molecule has 1 aromatic heterocycles. The van der Waals surface area contributed by atoms with Crippen molar-refractivity contribution < 1.29 is 26.0 Å². The van der Waals surface area contributed by atoms with Crippen molar-refractivity contribution in [2.24, 2.45) is 5.14 Å². The zero-order valence-corrected chi connectivity index (χ0v) is 17.0. The number of hydrogen-bond acceptors (Lipinski definition) is 3. The van der Waals surface area contributed by atoms with Crippen LogP contribution in [-0.2, 0) is 16.2 Å². The van der Waals surface area contributed by atoms with Gasteiger partial charge in [0, 0.05) is 11.1 Å². The lowest BCUT2D eigenvalue weighted by atomic mass is 10.1. The van der Waals surface area contributed by atoms with Crippen molar-refractivity contribution in [2.75, 3.05) is 0 Å². The van der Waals surface area contributed by atoms with Crippen LogP contribution in [0.5, 0.6) is 0 Å². The number of alkyl halides is 3. The smallest absolute Gasteiger partial charge is 0.338 e. The largest absolute Gasteiger partial charge is 0.416 e. The summed E-state index contributed by atoms with van der Waals surface area (Å²) in [6.45, 7) is 0. The molecule has 32 heavy (non-hydrogen) atoms. The van der Waals surface area contributed by atoms with E-state index in [2.05, 4.69) is 9.97 Å². The first-order valence-electron chi connectivity index (χ1n) is 9.19. The van der Waals surface area contributed by atoms with E-state index in [-0.39, 0.29) is 10.5 Å². The van der Waals surface area contributed by atoms with Gasteiger partial charge in [-0.25, -0.2) is 22.9 Å². The summed E-state index contributed by atoms with van der Waals surface area (Å²) < 4.78 is 75.8. The molecule has 0 aliphatic rings. The zero-order chi connectivity index (χ0) is 23.1. The van der Waals surface area contributed by atoms with Crippen LogP contribution in [0.25, 0.3) is 34.3 Å². The number of halogens is 4. The van der Waals surface area contributed by atoms with Crippen LogP contribution in [-0.4, -0.2) is 18.4 Å². The fourth-order valence-corrected chi connectivity index (χ4v) is 4.00. The number of nitrogens with one attached hydrogen (secondary N) is 1. The summed E-state index contributed by atoms with van der Waals surface area (Å²) in [6.07, 6.45) is -1.88. The molecule has 0 radical (unpaired) electrons. The first-order chi connectivity index (χ1) is 15.0. The van der Waals surface area contributed by atoms with Crippen LogP contribution in [0.1, 0.15) is 17.0 Å². The van der Waals surface area contributed by atoms with Gasteiger partial charge in [-0.2, -0.15) is 13.2 Å². The number of nitrogens with two attached hydrogens (primary N) is 1. The second-order valence-corrected chi connectivity index (χ2v) is 8.49. The van der Waals surface area contributed by atoms with Gasteiger partial charge in [0.05, 0.1) is 21.5 Å². The summed E-state index contributed by atoms with van der Waals surface area (Å²) in [5.74, 6) is -0.662. The van der Waals surface area contributed by atoms with Crippen LogP contribution in [0.3, 0.4) is 0 Å². The minimum atomic E-state index is -4.62. The molecular formula is C22H15F4N3O2S. The predicted octanol–water partition coefficient (Wildman–Crippen LogP) is 5.21. The third kappa shape index (κ3) is 4.41. The van der Waals surface area contributed by atoms with E-state index in [0.29, 0.717) is 34.1 Å². The number of fused-ring (bicyclic) bond motifs is 1. The number of imidazole rings is 1. The quantitative estimate of drug-likeness (QED) is 0.409. The van der Waals surface area contributed by atoms with Crippen LogP contribution in [0.15, 0.2) is 65.6 Å². The van der Waals surface area contributed by atoms with Crippen LogP contribution in [0.2, 0.25) is 0 Å². The molecular weight excluding hydrogens is 446 g/mol. The number of sulfonamides is 1. The highest BCUT2D eigenvalue weighted by Crippen LogP contribution is 2.31. The Labute approximate surface area is 180 Å². The highest BCUT2D eigenvalue weighted by molar-refractivity contribution is 7.89. The molecule has 0 atom stereocenters. The van der Waals surface area contributed by atoms with Gasteiger partial charge in [-0.15, -0.1) is 0 Å². The molecule has 0 amide bonds. The van der Waals surface area contributed by atoms with Gasteiger partial charge < -0.3 is 4.98 Å². The lowest BCUT2D eigenvalue weighted by Crippen LogP contribution is -2.13. The molecule has 0 aliphatic carbocycles. The van der Waals surface area contributed by atoms with E-state index >= 15 is 0 Å². The minimum absolute atomic E-state index is 0.0169. The van der Waals surface area contributed by atoms with Gasteiger partial charge in [0.2, 0.25) is 10.0 Å². The highest BCUT2D eigenvalue weighted by Gasteiger charge is 2.31. The molecule has 1 heterocycles. The zero-order valence-electron chi connectivity index (χ0n) is 16.2. The van der Waals surface area contributed by atoms with E-state index in [0.717, 1.165) is 12.1 Å². The predicted molar refractivity (Wildman–Crippen MR) is 113 cm³/mol. The third-order valence-corrected chi connectivity index (χ3v) is 5.72. The van der Waals surface area contributed by atoms with Crippen LogP contribution in [0, 0.1) is 5.82 Å². The van der Waals surface area contributed by atoms with Crippen molar-refractivity contribution in [1.82, 2.24) is 9.97 Å². The van der Waals surface area contributed by atoms with E-state index in [1.165, 1.54) is 18.2 Å². The average Bonchev–Trinajstić information content (AvgIpc) is 3.13. The number of aromatic nitrogens is 2. The lowest BCUT2D eigenvalue weighted by Gasteiger charge is -2.07. The molecule has 164 valence electrons. The normalized spacial score (nSPS) is 12.7. The molecule has 3 aromatic carbocycles. The van der Waals surface area contributed by atoms with Crippen LogP contribution >= 0.6 is 0 Å². The molecule has 4 rings (SSSR count). The van der Waals surface area contributed by atoms with E-state index in [1.807, 2.05) is 0 Å². The number of benzene rings is 3. The molecule has 0 spiro atoms. The molecule has 0 saturated heterocycles. The summed E-state index contributed by atoms with van der Waals surface area (Å²) in [5, 5.41) is 5.30. The third-order valence-electron chi connectivity index (χ3n) is 4.75.